The molecule has 4 N–H and O–H groups in total. The molecule has 55 heavy (non-hydrogen) atoms. The number of benzene rings is 2. The monoisotopic (exact) mass is 813 g/mol. The first kappa shape index (κ1) is 43.1. The Kier molecular flexibility index (Phi) is 17.3. The van der Waals surface area contributed by atoms with Gasteiger partial charge in [0.05, 0.1) is 61.1 Å². The van der Waals surface area contributed by atoms with Gasteiger partial charge in [-0.3, -0.25) is 9.59 Å². The van der Waals surface area contributed by atoms with Crippen molar-refractivity contribution in [3.05, 3.63) is 58.1 Å². The van der Waals surface area contributed by atoms with Crippen LogP contribution < -0.4 is 26.6 Å². The Balaban J connectivity index is 1.12. The van der Waals surface area contributed by atoms with E-state index in [1.165, 1.54) is 6.07 Å². The lowest BCUT2D eigenvalue weighted by molar-refractivity contribution is -0.137. The summed E-state index contributed by atoms with van der Waals surface area (Å²) in [6, 6.07) is 8.99. The van der Waals surface area contributed by atoms with E-state index in [0.717, 1.165) is 95.2 Å². The van der Waals surface area contributed by atoms with Crippen LogP contribution in [0.2, 0.25) is 5.02 Å². The number of piperidine rings is 1. The van der Waals surface area contributed by atoms with Crippen molar-refractivity contribution in [2.24, 2.45) is 16.9 Å². The summed E-state index contributed by atoms with van der Waals surface area (Å²) in [5.41, 5.74) is 9.58. The molecular weight excluding hydrogens is 762 g/mol. The van der Waals surface area contributed by atoms with Crippen LogP contribution >= 0.6 is 23.2 Å². The molecule has 0 bridgehead atoms. The van der Waals surface area contributed by atoms with Crippen LogP contribution in [-0.4, -0.2) is 101 Å². The van der Waals surface area contributed by atoms with Crippen molar-refractivity contribution in [3.8, 4) is 0 Å². The molecule has 3 aliphatic rings. The topological polar surface area (TPSA) is 129 Å². The Morgan fingerprint density at radius 3 is 2.44 bits per heavy atom. The predicted molar refractivity (Wildman–Crippen MR) is 208 cm³/mol. The van der Waals surface area contributed by atoms with Crippen LogP contribution in [0.3, 0.4) is 0 Å². The van der Waals surface area contributed by atoms with E-state index in [0.29, 0.717) is 63.5 Å². The lowest BCUT2D eigenvalue weighted by Crippen LogP contribution is -2.41. The smallest absolute Gasteiger partial charge is 0.379 e. The first-order valence-electron chi connectivity index (χ1n) is 19.1. The Labute approximate surface area is 330 Å². The summed E-state index contributed by atoms with van der Waals surface area (Å²) in [4.78, 5) is 29.4. The van der Waals surface area contributed by atoms with Gasteiger partial charge in [-0.25, -0.2) is 15.9 Å². The second kappa shape index (κ2) is 22.1. The van der Waals surface area contributed by atoms with E-state index in [1.54, 1.807) is 12.1 Å². The average Bonchev–Trinajstić information content (AvgIpc) is 3.63. The molecule has 0 aromatic heterocycles. The number of hydrogen-bond donors (Lipinski definition) is 4. The van der Waals surface area contributed by atoms with E-state index >= 15 is 0 Å². The standard InChI is InChI=1S/C38H52Cl2F3N7O5/c39-12-16-54-18-20-55-19-17-53-15-11-30-26-50(48-46-30)25-28-5-4-6-29(21-28)36(51)45-35-10-8-31(49-13-2-1-3-14-49)23-32(35)37(52)47-44-24-27-7-9-34(40)33(22-27)38(41,42)43/h7-10,22-24,28-30,46,48H,1-6,11-21,25-26H2,(H,45,51)(H,47,52)/b44-24+. The second-order valence-corrected chi connectivity index (χ2v) is 14.9. The van der Waals surface area contributed by atoms with E-state index < -0.39 is 22.7 Å². The maximum Gasteiger partial charge on any atom is 0.417 e. The summed E-state index contributed by atoms with van der Waals surface area (Å²) >= 11 is 11.3. The number of hydrazine groups is 2. The van der Waals surface area contributed by atoms with E-state index in [9.17, 15) is 22.8 Å². The lowest BCUT2D eigenvalue weighted by atomic mass is 9.80. The van der Waals surface area contributed by atoms with Crippen molar-refractivity contribution in [3.63, 3.8) is 0 Å². The fourth-order valence-corrected chi connectivity index (χ4v) is 7.46. The van der Waals surface area contributed by atoms with Crippen molar-refractivity contribution >= 4 is 52.6 Å². The van der Waals surface area contributed by atoms with Crippen LogP contribution in [0, 0.1) is 11.8 Å². The van der Waals surface area contributed by atoms with E-state index in [2.05, 4.69) is 36.7 Å². The SMILES string of the molecule is O=C(N/N=C/c1ccc(Cl)c(C(F)(F)F)c1)c1cc(N2CCCCC2)ccc1NC(=O)C1CCCC(CN2CC(CCOCCOCCOCCCl)NN2)C1. The Hall–Kier alpha value is -3.02. The molecule has 17 heteroatoms. The molecule has 3 unspecified atom stereocenters. The number of nitrogens with one attached hydrogen (secondary N) is 4. The number of amides is 2. The zero-order chi connectivity index (χ0) is 39.0. The Morgan fingerprint density at radius 1 is 0.945 bits per heavy atom. The molecule has 2 aromatic rings. The molecule has 0 radical (unpaired) electrons. The molecular formula is C38H52Cl2F3N7O5. The van der Waals surface area contributed by atoms with Crippen LogP contribution in [0.5, 0.6) is 0 Å². The Bertz CT molecular complexity index is 1570. The summed E-state index contributed by atoms with van der Waals surface area (Å²) in [5.74, 6) is -0.190. The highest BCUT2D eigenvalue weighted by molar-refractivity contribution is 6.31. The molecule has 2 aliphatic heterocycles. The fourth-order valence-electron chi connectivity index (χ4n) is 7.13. The largest absolute Gasteiger partial charge is 0.417 e. The molecule has 2 amide bonds. The quantitative estimate of drug-likeness (QED) is 0.0565. The van der Waals surface area contributed by atoms with Gasteiger partial charge in [0.15, 0.2) is 0 Å². The maximum atomic E-state index is 13.7. The normalized spacial score (nSPS) is 21.0. The van der Waals surface area contributed by atoms with E-state index in [-0.39, 0.29) is 29.0 Å². The van der Waals surface area contributed by atoms with E-state index in [4.69, 9.17) is 37.4 Å². The zero-order valence-electron chi connectivity index (χ0n) is 31.0. The van der Waals surface area contributed by atoms with Gasteiger partial charge in [-0.15, -0.1) is 11.6 Å². The molecule has 12 nitrogen and oxygen atoms in total. The third kappa shape index (κ3) is 13.8. The minimum absolute atomic E-state index is 0.113. The number of alkyl halides is 4. The van der Waals surface area contributed by atoms with Crippen LogP contribution in [0.15, 0.2) is 41.5 Å². The number of nitrogens with zero attached hydrogens (tertiary/aromatic N) is 3. The van der Waals surface area contributed by atoms with Gasteiger partial charge in [0.25, 0.3) is 5.91 Å². The predicted octanol–water partition coefficient (Wildman–Crippen LogP) is 6.23. The van der Waals surface area contributed by atoms with Gasteiger partial charge in [-0.05, 0) is 86.8 Å². The summed E-state index contributed by atoms with van der Waals surface area (Å²) in [5, 5.41) is 8.69. The highest BCUT2D eigenvalue weighted by atomic mass is 35.5. The lowest BCUT2D eigenvalue weighted by Gasteiger charge is -2.31. The highest BCUT2D eigenvalue weighted by Crippen LogP contribution is 2.35. The maximum absolute atomic E-state index is 13.7. The molecule has 304 valence electrons. The van der Waals surface area contributed by atoms with Gasteiger partial charge >= 0.3 is 6.18 Å². The van der Waals surface area contributed by atoms with Gasteiger partial charge in [0.1, 0.15) is 0 Å². The number of halogens is 5. The molecule has 1 aliphatic carbocycles. The van der Waals surface area contributed by atoms with Crippen LogP contribution in [0.4, 0.5) is 24.5 Å². The number of hydrazone groups is 1. The second-order valence-electron chi connectivity index (χ2n) is 14.1. The first-order chi connectivity index (χ1) is 26.6. The Morgan fingerprint density at radius 2 is 1.69 bits per heavy atom. The van der Waals surface area contributed by atoms with Gasteiger partial charge in [0.2, 0.25) is 5.91 Å². The molecule has 1 saturated carbocycles. The number of anilines is 2. The molecule has 2 heterocycles. The van der Waals surface area contributed by atoms with Crippen molar-refractivity contribution in [1.82, 2.24) is 21.4 Å². The minimum atomic E-state index is -4.64. The third-order valence-electron chi connectivity index (χ3n) is 9.98. The van der Waals surface area contributed by atoms with Gasteiger partial charge in [-0.1, -0.05) is 24.1 Å². The molecule has 3 fully saturated rings. The van der Waals surface area contributed by atoms with E-state index in [1.807, 2.05) is 6.07 Å². The summed E-state index contributed by atoms with van der Waals surface area (Å²) in [7, 11) is 0. The van der Waals surface area contributed by atoms with Gasteiger partial charge < -0.3 is 24.4 Å². The van der Waals surface area contributed by atoms with Crippen molar-refractivity contribution in [2.45, 2.75) is 63.6 Å². The first-order valence-corrected chi connectivity index (χ1v) is 20.0. The zero-order valence-corrected chi connectivity index (χ0v) is 32.5. The average molecular weight is 815 g/mol. The van der Waals surface area contributed by atoms with Crippen molar-refractivity contribution in [2.75, 3.05) is 81.9 Å². The highest BCUT2D eigenvalue weighted by Gasteiger charge is 2.34. The molecule has 0 spiro atoms. The number of carbonyl (C=O) groups is 2. The number of hydrogen-bond acceptors (Lipinski definition) is 10. The molecule has 5 rings (SSSR count). The van der Waals surface area contributed by atoms with Crippen molar-refractivity contribution < 1.29 is 37.0 Å². The van der Waals surface area contributed by atoms with Crippen LogP contribution in [0.25, 0.3) is 0 Å². The summed E-state index contributed by atoms with van der Waals surface area (Å²) in [6.45, 7) is 6.51. The molecule has 2 aromatic carbocycles. The molecule has 2 saturated heterocycles. The number of ether oxygens (including phenoxy) is 3. The van der Waals surface area contributed by atoms with Gasteiger partial charge in [-0.2, -0.15) is 23.8 Å². The summed E-state index contributed by atoms with van der Waals surface area (Å²) in [6.07, 6.45) is 3.94. The van der Waals surface area contributed by atoms with Crippen LogP contribution in [-0.2, 0) is 25.2 Å². The third-order valence-corrected chi connectivity index (χ3v) is 10.5. The minimum Gasteiger partial charge on any atom is -0.379 e. The number of rotatable bonds is 19. The molecule has 3 atom stereocenters. The fraction of sp³-hybridized carbons (Fsp3) is 0.605. The van der Waals surface area contributed by atoms with Crippen LogP contribution in [0.1, 0.15) is 72.9 Å². The van der Waals surface area contributed by atoms with Crippen molar-refractivity contribution in [1.29, 1.82) is 0 Å². The van der Waals surface area contributed by atoms with Gasteiger partial charge in [0, 0.05) is 56.3 Å². The summed E-state index contributed by atoms with van der Waals surface area (Å²) < 4.78 is 56.5. The number of carbonyl (C=O) groups excluding carboxylic acids is 2.